The summed E-state index contributed by atoms with van der Waals surface area (Å²) in [6.45, 7) is 0.547. The Morgan fingerprint density at radius 2 is 2.22 bits per heavy atom. The van der Waals surface area contributed by atoms with Gasteiger partial charge in [0.2, 0.25) is 0 Å². The minimum Gasteiger partial charge on any atom is -0.468 e. The number of ether oxygens (including phenoxy) is 2. The van der Waals surface area contributed by atoms with Gasteiger partial charge >= 0.3 is 0 Å². The summed E-state index contributed by atoms with van der Waals surface area (Å²) in [4.78, 5) is 3.89. The Morgan fingerprint density at radius 3 is 2.91 bits per heavy atom. The molecule has 2 fully saturated rings. The van der Waals surface area contributed by atoms with Crippen molar-refractivity contribution in [2.45, 2.75) is 31.1 Å². The number of rotatable bonds is 4. The molecule has 1 aliphatic heterocycles. The third-order valence-electron chi connectivity index (χ3n) is 4.24. The van der Waals surface area contributed by atoms with Crippen LogP contribution in [-0.4, -0.2) is 67.5 Å². The van der Waals surface area contributed by atoms with Gasteiger partial charge < -0.3 is 9.47 Å². The molecule has 0 amide bonds. The molecule has 1 aromatic heterocycles. The van der Waals surface area contributed by atoms with Gasteiger partial charge in [0.15, 0.2) is 5.82 Å². The summed E-state index contributed by atoms with van der Waals surface area (Å²) in [5.41, 5.74) is 0. The highest BCUT2D eigenvalue weighted by Crippen LogP contribution is 2.34. The van der Waals surface area contributed by atoms with Crippen LogP contribution in [0.25, 0.3) is 0 Å². The second kappa shape index (κ2) is 6.31. The van der Waals surface area contributed by atoms with Crippen molar-refractivity contribution >= 4 is 10.2 Å². The van der Waals surface area contributed by atoms with Crippen LogP contribution in [0.1, 0.15) is 12.8 Å². The largest absolute Gasteiger partial charge is 0.468 e. The van der Waals surface area contributed by atoms with Crippen LogP contribution in [0, 0.1) is 5.82 Å². The summed E-state index contributed by atoms with van der Waals surface area (Å²) in [7, 11) is -0.625. The van der Waals surface area contributed by atoms with Crippen LogP contribution in [0.4, 0.5) is 4.39 Å². The molecule has 9 heteroatoms. The van der Waals surface area contributed by atoms with E-state index in [-0.39, 0.29) is 18.5 Å². The first-order valence-corrected chi connectivity index (χ1v) is 8.89. The number of nitrogens with zero attached hydrogens (tertiary/aromatic N) is 3. The van der Waals surface area contributed by atoms with Gasteiger partial charge in [-0.2, -0.15) is 17.0 Å². The highest BCUT2D eigenvalue weighted by Gasteiger charge is 2.48. The molecule has 3 rings (SSSR count). The topological polar surface area (TPSA) is 72.0 Å². The molecule has 0 N–H and O–H groups in total. The number of hydrogen-bond donors (Lipinski definition) is 0. The van der Waals surface area contributed by atoms with E-state index in [1.807, 2.05) is 0 Å². The van der Waals surface area contributed by atoms with Crippen molar-refractivity contribution in [1.29, 1.82) is 0 Å². The summed E-state index contributed by atoms with van der Waals surface area (Å²) in [6, 6.07) is 2.34. The maximum absolute atomic E-state index is 13.8. The molecule has 1 saturated carbocycles. The van der Waals surface area contributed by atoms with Gasteiger partial charge in [0.05, 0.1) is 18.8 Å². The Morgan fingerprint density at radius 1 is 1.43 bits per heavy atom. The molecular weight excluding hydrogens is 325 g/mol. The summed E-state index contributed by atoms with van der Waals surface area (Å²) >= 11 is 0. The predicted octanol–water partition coefficient (Wildman–Crippen LogP) is 0.638. The van der Waals surface area contributed by atoms with Crippen molar-refractivity contribution in [3.8, 4) is 5.88 Å². The minimum atomic E-state index is -3.60. The van der Waals surface area contributed by atoms with E-state index in [4.69, 9.17) is 9.47 Å². The van der Waals surface area contributed by atoms with Gasteiger partial charge in [-0.3, -0.25) is 0 Å². The fraction of sp³-hybridized carbons (Fsp3) is 0.643. The van der Waals surface area contributed by atoms with Crippen LogP contribution in [0.2, 0.25) is 0 Å². The molecule has 23 heavy (non-hydrogen) atoms. The number of halogens is 1. The van der Waals surface area contributed by atoms with Crippen LogP contribution >= 0.6 is 0 Å². The van der Waals surface area contributed by atoms with Crippen LogP contribution in [0.3, 0.4) is 0 Å². The monoisotopic (exact) mass is 345 g/mol. The fourth-order valence-electron chi connectivity index (χ4n) is 3.09. The highest BCUT2D eigenvalue weighted by atomic mass is 32.2. The van der Waals surface area contributed by atoms with Gasteiger partial charge in [0.1, 0.15) is 6.10 Å². The average molecular weight is 345 g/mol. The number of aromatic nitrogens is 1. The van der Waals surface area contributed by atoms with Gasteiger partial charge in [-0.1, -0.05) is 0 Å². The van der Waals surface area contributed by atoms with Crippen LogP contribution in [0.15, 0.2) is 18.3 Å². The van der Waals surface area contributed by atoms with Crippen molar-refractivity contribution in [3.05, 3.63) is 24.1 Å². The van der Waals surface area contributed by atoms with Gasteiger partial charge in [-0.05, 0) is 25.0 Å². The molecule has 2 bridgehead atoms. The summed E-state index contributed by atoms with van der Waals surface area (Å²) in [5, 5.41) is 0. The molecule has 0 aromatic carbocycles. The smallest absolute Gasteiger partial charge is 0.281 e. The van der Waals surface area contributed by atoms with Crippen LogP contribution in [0.5, 0.6) is 5.88 Å². The Bertz CT molecular complexity index is 670. The molecule has 1 aliphatic carbocycles. The first-order valence-electron chi connectivity index (χ1n) is 7.49. The molecular formula is C14H20FN3O4S. The normalized spacial score (nSPS) is 28.8. The van der Waals surface area contributed by atoms with Crippen LogP contribution < -0.4 is 4.74 Å². The van der Waals surface area contributed by atoms with E-state index in [1.165, 1.54) is 41.0 Å². The molecule has 1 saturated heterocycles. The van der Waals surface area contributed by atoms with Crippen LogP contribution in [-0.2, 0) is 14.9 Å². The number of pyridine rings is 1. The molecule has 3 atom stereocenters. The van der Waals surface area contributed by atoms with E-state index in [1.54, 1.807) is 0 Å². The van der Waals surface area contributed by atoms with E-state index in [0.29, 0.717) is 19.4 Å². The summed E-state index contributed by atoms with van der Waals surface area (Å²) in [5.74, 6) is -0.694. The zero-order valence-electron chi connectivity index (χ0n) is 13.1. The quantitative estimate of drug-likeness (QED) is 0.801. The number of hydrogen-bond acceptors (Lipinski definition) is 5. The molecule has 128 valence electrons. The Hall–Kier alpha value is -1.29. The van der Waals surface area contributed by atoms with E-state index in [2.05, 4.69) is 4.98 Å². The van der Waals surface area contributed by atoms with Crippen molar-refractivity contribution in [3.63, 3.8) is 0 Å². The van der Waals surface area contributed by atoms with Crippen molar-refractivity contribution < 1.29 is 22.3 Å². The third-order valence-corrected chi connectivity index (χ3v) is 6.21. The highest BCUT2D eigenvalue weighted by molar-refractivity contribution is 7.86. The second-order valence-electron chi connectivity index (χ2n) is 5.83. The lowest BCUT2D eigenvalue weighted by Gasteiger charge is -2.32. The van der Waals surface area contributed by atoms with E-state index in [0.717, 1.165) is 0 Å². The molecule has 7 nitrogen and oxygen atoms in total. The second-order valence-corrected chi connectivity index (χ2v) is 7.92. The van der Waals surface area contributed by atoms with Gasteiger partial charge in [-0.25, -0.2) is 9.37 Å². The van der Waals surface area contributed by atoms with E-state index in [9.17, 15) is 12.8 Å². The Labute approximate surface area is 135 Å². The van der Waals surface area contributed by atoms with Gasteiger partial charge in [-0.15, -0.1) is 0 Å². The van der Waals surface area contributed by atoms with E-state index < -0.39 is 28.2 Å². The fourth-order valence-corrected chi connectivity index (χ4v) is 4.39. The zero-order valence-corrected chi connectivity index (χ0v) is 13.9. The maximum Gasteiger partial charge on any atom is 0.281 e. The first kappa shape index (κ1) is 16.6. The standard InChI is InChI=1S/C14H20FN3O4S/c1-17(2)23(19,20)18-8-9-21-12-6-5-11(18)13(12)22-14-10(15)4-3-7-16-14/h3-4,7,11-13H,5-6,8-9H2,1-2H3/t11-,12-,13+/m0/s1. The zero-order chi connectivity index (χ0) is 16.6. The lowest BCUT2D eigenvalue weighted by Crippen LogP contribution is -2.51. The minimum absolute atomic E-state index is 0.123. The molecule has 0 radical (unpaired) electrons. The Kier molecular flexibility index (Phi) is 4.54. The van der Waals surface area contributed by atoms with Crippen molar-refractivity contribution in [2.75, 3.05) is 27.2 Å². The summed E-state index contributed by atoms with van der Waals surface area (Å²) < 4.78 is 52.9. The SMILES string of the molecule is CN(C)S(=O)(=O)N1CCO[C@H]2CC[C@H]1[C@H]2Oc1ncccc1F. The average Bonchev–Trinajstić information content (AvgIpc) is 2.76. The first-order chi connectivity index (χ1) is 10.9. The third kappa shape index (κ3) is 3.06. The molecule has 2 heterocycles. The molecule has 0 spiro atoms. The predicted molar refractivity (Wildman–Crippen MR) is 80.7 cm³/mol. The molecule has 0 unspecified atom stereocenters. The Balaban J connectivity index is 1.89. The molecule has 2 aliphatic rings. The maximum atomic E-state index is 13.8. The summed E-state index contributed by atoms with van der Waals surface area (Å²) in [6.07, 6.45) is 1.88. The van der Waals surface area contributed by atoms with E-state index >= 15 is 0 Å². The lowest BCUT2D eigenvalue weighted by atomic mass is 10.2. The van der Waals surface area contributed by atoms with Gasteiger partial charge in [0.25, 0.3) is 16.1 Å². The van der Waals surface area contributed by atoms with Crippen molar-refractivity contribution in [1.82, 2.24) is 13.6 Å². The lowest BCUT2D eigenvalue weighted by molar-refractivity contribution is 0.000662. The molecule has 1 aromatic rings. The number of fused-ring (bicyclic) bond motifs is 2. The van der Waals surface area contributed by atoms with Gasteiger partial charge in [0, 0.05) is 26.8 Å². The van der Waals surface area contributed by atoms with Crippen molar-refractivity contribution in [2.24, 2.45) is 0 Å².